The van der Waals surface area contributed by atoms with E-state index in [9.17, 15) is 14.9 Å². The van der Waals surface area contributed by atoms with Crippen LogP contribution in [0.15, 0.2) is 23.3 Å². The number of nitrogens with zero attached hydrogens (tertiary/aromatic N) is 4. The quantitative estimate of drug-likeness (QED) is 0.284. The number of nitro benzene ring substituents is 1. The third-order valence-electron chi connectivity index (χ3n) is 2.12. The van der Waals surface area contributed by atoms with Gasteiger partial charge < -0.3 is 5.32 Å². The van der Waals surface area contributed by atoms with Gasteiger partial charge >= 0.3 is 0 Å². The second-order valence-corrected chi connectivity index (χ2v) is 3.40. The normalized spacial score (nSPS) is 9.39. The summed E-state index contributed by atoms with van der Waals surface area (Å²) in [4.78, 5) is 24.4. The van der Waals surface area contributed by atoms with Gasteiger partial charge in [0.15, 0.2) is 0 Å². The van der Waals surface area contributed by atoms with Gasteiger partial charge in [-0.25, -0.2) is 0 Å². The van der Waals surface area contributed by atoms with Crippen molar-refractivity contribution in [3.8, 4) is 0 Å². The predicted octanol–water partition coefficient (Wildman–Crippen LogP) is 2.68. The Balaban J connectivity index is 3.18. The Bertz CT molecular complexity index is 522. The molecule has 0 spiro atoms. The van der Waals surface area contributed by atoms with E-state index < -0.39 is 10.8 Å². The Morgan fingerprint density at radius 3 is 2.89 bits per heavy atom. The highest BCUT2D eigenvalue weighted by Crippen LogP contribution is 2.24. The molecule has 0 saturated heterocycles. The second-order valence-electron chi connectivity index (χ2n) is 3.40. The van der Waals surface area contributed by atoms with Crippen LogP contribution in [0.1, 0.15) is 23.7 Å². The fraction of sp³-hybridized carbons (Fsp3) is 0.300. The van der Waals surface area contributed by atoms with E-state index in [1.807, 2.05) is 6.92 Å². The van der Waals surface area contributed by atoms with Gasteiger partial charge in [0.25, 0.3) is 11.6 Å². The molecule has 0 aliphatic heterocycles. The summed E-state index contributed by atoms with van der Waals surface area (Å²) in [6, 6.07) is 3.63. The predicted molar refractivity (Wildman–Crippen MR) is 64.5 cm³/mol. The molecule has 94 valence electrons. The molecule has 1 rings (SSSR count). The Morgan fingerprint density at radius 1 is 1.61 bits per heavy atom. The average Bonchev–Trinajstić information content (AvgIpc) is 2.36. The van der Waals surface area contributed by atoms with Gasteiger partial charge in [0.2, 0.25) is 0 Å². The molecular weight excluding hydrogens is 238 g/mol. The van der Waals surface area contributed by atoms with Crippen LogP contribution in [0, 0.1) is 10.1 Å². The maximum Gasteiger partial charge on any atom is 0.282 e. The lowest BCUT2D eigenvalue weighted by molar-refractivity contribution is -0.385. The molecule has 0 atom stereocenters. The molecule has 0 aliphatic rings. The van der Waals surface area contributed by atoms with Crippen molar-refractivity contribution in [3.05, 3.63) is 44.3 Å². The zero-order valence-corrected chi connectivity index (χ0v) is 9.66. The monoisotopic (exact) mass is 249 g/mol. The maximum absolute atomic E-state index is 11.7. The second kappa shape index (κ2) is 6.21. The minimum atomic E-state index is -0.652. The van der Waals surface area contributed by atoms with Crippen LogP contribution in [0.5, 0.6) is 0 Å². The van der Waals surface area contributed by atoms with Crippen LogP contribution in [0.3, 0.4) is 0 Å². The summed E-state index contributed by atoms with van der Waals surface area (Å²) in [5.41, 5.74) is 8.02. The molecular formula is C10H11N5O3. The summed E-state index contributed by atoms with van der Waals surface area (Å²) in [7, 11) is 0. The van der Waals surface area contributed by atoms with Crippen molar-refractivity contribution in [2.24, 2.45) is 5.11 Å². The first-order valence-corrected chi connectivity index (χ1v) is 5.22. The maximum atomic E-state index is 11.7. The number of hydrogen-bond acceptors (Lipinski definition) is 4. The van der Waals surface area contributed by atoms with Crippen molar-refractivity contribution in [3.63, 3.8) is 0 Å². The van der Waals surface area contributed by atoms with Crippen LogP contribution in [-0.4, -0.2) is 17.4 Å². The first kappa shape index (κ1) is 13.5. The summed E-state index contributed by atoms with van der Waals surface area (Å²) in [5.74, 6) is -0.557. The molecule has 0 radical (unpaired) electrons. The van der Waals surface area contributed by atoms with Crippen LogP contribution >= 0.6 is 0 Å². The van der Waals surface area contributed by atoms with E-state index in [4.69, 9.17) is 5.53 Å². The van der Waals surface area contributed by atoms with Crippen molar-refractivity contribution < 1.29 is 9.72 Å². The Morgan fingerprint density at radius 2 is 2.33 bits per heavy atom. The summed E-state index contributed by atoms with van der Waals surface area (Å²) >= 11 is 0. The summed E-state index contributed by atoms with van der Waals surface area (Å²) in [6.45, 7) is 2.28. The van der Waals surface area contributed by atoms with Gasteiger partial charge in [0, 0.05) is 23.2 Å². The molecule has 0 aromatic heterocycles. The SMILES string of the molecule is CCCNC(=O)c1cc(N=[N+]=[N-])ccc1[N+](=O)[O-]. The van der Waals surface area contributed by atoms with Crippen molar-refractivity contribution >= 4 is 17.3 Å². The highest BCUT2D eigenvalue weighted by Gasteiger charge is 2.19. The smallest absolute Gasteiger partial charge is 0.282 e. The Kier molecular flexibility index (Phi) is 4.65. The highest BCUT2D eigenvalue weighted by atomic mass is 16.6. The first-order chi connectivity index (χ1) is 8.60. The van der Waals surface area contributed by atoms with Crippen LogP contribution in [0.25, 0.3) is 10.4 Å². The molecule has 8 heteroatoms. The van der Waals surface area contributed by atoms with E-state index in [1.54, 1.807) is 0 Å². The molecule has 1 aromatic carbocycles. The van der Waals surface area contributed by atoms with Crippen LogP contribution in [-0.2, 0) is 0 Å². The van der Waals surface area contributed by atoms with E-state index in [0.717, 1.165) is 12.5 Å². The largest absolute Gasteiger partial charge is 0.352 e. The van der Waals surface area contributed by atoms with Gasteiger partial charge in [0.05, 0.1) is 4.92 Å². The number of azide groups is 1. The molecule has 0 bridgehead atoms. The van der Waals surface area contributed by atoms with Crippen LogP contribution in [0.2, 0.25) is 0 Å². The van der Waals surface area contributed by atoms with Crippen molar-refractivity contribution in [1.82, 2.24) is 5.32 Å². The summed E-state index contributed by atoms with van der Waals surface area (Å²) in [6.07, 6.45) is 0.718. The lowest BCUT2D eigenvalue weighted by Crippen LogP contribution is -2.24. The Labute approximate surface area is 102 Å². The number of amides is 1. The third-order valence-corrected chi connectivity index (χ3v) is 2.12. The molecule has 18 heavy (non-hydrogen) atoms. The van der Waals surface area contributed by atoms with E-state index in [-0.39, 0.29) is 16.9 Å². The van der Waals surface area contributed by atoms with Gasteiger partial charge in [-0.1, -0.05) is 12.0 Å². The molecule has 0 fully saturated rings. The summed E-state index contributed by atoms with van der Waals surface area (Å²) in [5, 5.41) is 16.6. The minimum absolute atomic E-state index is 0.113. The highest BCUT2D eigenvalue weighted by molar-refractivity contribution is 5.98. The lowest BCUT2D eigenvalue weighted by atomic mass is 10.1. The molecule has 0 saturated carbocycles. The molecule has 1 aromatic rings. The third kappa shape index (κ3) is 3.19. The molecule has 1 N–H and O–H groups in total. The van der Waals surface area contributed by atoms with Crippen LogP contribution < -0.4 is 5.32 Å². The van der Waals surface area contributed by atoms with Crippen LogP contribution in [0.4, 0.5) is 11.4 Å². The van der Waals surface area contributed by atoms with Gasteiger partial charge in [0.1, 0.15) is 5.56 Å². The fourth-order valence-electron chi connectivity index (χ4n) is 1.31. The number of benzene rings is 1. The molecule has 0 aliphatic carbocycles. The zero-order chi connectivity index (χ0) is 13.5. The molecule has 0 unspecified atom stereocenters. The van der Waals surface area contributed by atoms with Crippen molar-refractivity contribution in [2.75, 3.05) is 6.54 Å². The number of carbonyl (C=O) groups excluding carboxylic acids is 1. The van der Waals surface area contributed by atoms with Crippen molar-refractivity contribution in [1.29, 1.82) is 0 Å². The number of hydrogen-bond donors (Lipinski definition) is 1. The number of carbonyl (C=O) groups is 1. The van der Waals surface area contributed by atoms with Gasteiger partial charge in [-0.3, -0.25) is 14.9 Å². The average molecular weight is 249 g/mol. The fourth-order valence-corrected chi connectivity index (χ4v) is 1.31. The van der Waals surface area contributed by atoms with Gasteiger partial charge in [-0.05, 0) is 24.1 Å². The summed E-state index contributed by atoms with van der Waals surface area (Å²) < 4.78 is 0. The number of rotatable bonds is 5. The minimum Gasteiger partial charge on any atom is -0.352 e. The van der Waals surface area contributed by atoms with Crippen molar-refractivity contribution in [2.45, 2.75) is 13.3 Å². The standard InChI is InChI=1S/C10H11N5O3/c1-2-5-12-10(16)8-6-7(13-14-11)3-4-9(8)15(17)18/h3-4,6H,2,5H2,1H3,(H,12,16). The number of nitrogens with one attached hydrogen (secondary N) is 1. The topological polar surface area (TPSA) is 121 Å². The lowest BCUT2D eigenvalue weighted by Gasteiger charge is -2.05. The first-order valence-electron chi connectivity index (χ1n) is 5.22. The van der Waals surface area contributed by atoms with E-state index in [2.05, 4.69) is 15.3 Å². The zero-order valence-electron chi connectivity index (χ0n) is 9.66. The molecule has 1 amide bonds. The van der Waals surface area contributed by atoms with Gasteiger partial charge in [-0.15, -0.1) is 0 Å². The molecule has 8 nitrogen and oxygen atoms in total. The number of nitro groups is 1. The Hall–Kier alpha value is -2.60. The molecule has 0 heterocycles. The van der Waals surface area contributed by atoms with E-state index in [0.29, 0.717) is 6.54 Å². The van der Waals surface area contributed by atoms with Gasteiger partial charge in [-0.2, -0.15) is 0 Å². The van der Waals surface area contributed by atoms with E-state index in [1.165, 1.54) is 12.1 Å². The van der Waals surface area contributed by atoms with E-state index >= 15 is 0 Å².